The Balaban J connectivity index is 2.12. The molecule has 3 aromatic carbocycles. The van der Waals surface area contributed by atoms with Gasteiger partial charge >= 0.3 is 0 Å². The van der Waals surface area contributed by atoms with Crippen LogP contribution in [0.1, 0.15) is 50.1 Å². The second-order valence-electron chi connectivity index (χ2n) is 7.98. The Labute approximate surface area is 169 Å². The van der Waals surface area contributed by atoms with Crippen molar-refractivity contribution in [1.82, 2.24) is 0 Å². The molecule has 0 saturated heterocycles. The maximum Gasteiger partial charge on any atom is 0.0473 e. The van der Waals surface area contributed by atoms with Gasteiger partial charge in [0.15, 0.2) is 0 Å². The van der Waals surface area contributed by atoms with Crippen LogP contribution in [0.3, 0.4) is 0 Å². The molecule has 2 N–H and O–H groups in total. The lowest BCUT2D eigenvalue weighted by Crippen LogP contribution is -2.02. The number of rotatable bonds is 4. The summed E-state index contributed by atoms with van der Waals surface area (Å²) < 4.78 is 0. The molecule has 1 nitrogen and oxygen atoms in total. The first kappa shape index (κ1) is 19.7. The third kappa shape index (κ3) is 3.94. The third-order valence-corrected chi connectivity index (χ3v) is 5.11. The average molecular weight is 368 g/mol. The molecule has 142 valence electrons. The minimum absolute atomic E-state index is 0.735. The Morgan fingerprint density at radius 3 is 1.14 bits per heavy atom. The smallest absolute Gasteiger partial charge is 0.0473 e. The third-order valence-electron chi connectivity index (χ3n) is 5.11. The molecule has 3 rings (SSSR count). The molecule has 0 bridgehead atoms. The summed E-state index contributed by atoms with van der Waals surface area (Å²) >= 11 is 0. The van der Waals surface area contributed by atoms with Crippen LogP contribution in [0.5, 0.6) is 0 Å². The molecule has 0 aliphatic carbocycles. The van der Waals surface area contributed by atoms with Crippen molar-refractivity contribution in [2.75, 3.05) is 5.73 Å². The maximum atomic E-state index is 6.66. The van der Waals surface area contributed by atoms with Crippen LogP contribution in [0, 0.1) is 34.6 Å². The number of benzene rings is 3. The minimum Gasteiger partial charge on any atom is -0.398 e. The fraction of sp³-hybridized carbons (Fsp3) is 0.185. The number of hydrogen-bond donors (Lipinski definition) is 1. The van der Waals surface area contributed by atoms with E-state index in [9.17, 15) is 0 Å². The van der Waals surface area contributed by atoms with Crippen molar-refractivity contribution in [3.8, 4) is 0 Å². The van der Waals surface area contributed by atoms with E-state index in [2.05, 4.69) is 96.3 Å². The van der Waals surface area contributed by atoms with E-state index in [0.717, 1.165) is 44.7 Å². The number of nitrogens with two attached hydrogens (primary N) is 1. The number of aryl methyl sites for hydroxylation is 5. The molecule has 0 amide bonds. The molecule has 0 atom stereocenters. The normalized spacial score (nSPS) is 10.8. The lowest BCUT2D eigenvalue weighted by Gasteiger charge is -2.18. The number of nitrogen functional groups attached to an aromatic ring is 1. The first-order valence-electron chi connectivity index (χ1n) is 9.61. The molecule has 0 aliphatic heterocycles. The molecule has 0 heterocycles. The van der Waals surface area contributed by atoms with Crippen molar-refractivity contribution in [3.05, 3.63) is 112 Å². The van der Waals surface area contributed by atoms with Crippen molar-refractivity contribution >= 4 is 16.8 Å². The molecule has 0 spiro atoms. The predicted octanol–water partition coefficient (Wildman–Crippen LogP) is 6.93. The van der Waals surface area contributed by atoms with Gasteiger partial charge in [0.2, 0.25) is 0 Å². The SMILES string of the molecule is C=C(c1cc(C)cc(C)c1)c1cc(C)cc(C(=C)c2cc(C)cc(C)c2)c1N. The van der Waals surface area contributed by atoms with Crippen molar-refractivity contribution in [2.24, 2.45) is 0 Å². The van der Waals surface area contributed by atoms with Gasteiger partial charge in [-0.3, -0.25) is 0 Å². The van der Waals surface area contributed by atoms with Crippen LogP contribution < -0.4 is 5.73 Å². The van der Waals surface area contributed by atoms with Gasteiger partial charge in [0.05, 0.1) is 0 Å². The highest BCUT2D eigenvalue weighted by Crippen LogP contribution is 2.36. The van der Waals surface area contributed by atoms with Crippen LogP contribution in [-0.2, 0) is 0 Å². The molecular formula is C27H29N. The average Bonchev–Trinajstić information content (AvgIpc) is 2.60. The summed E-state index contributed by atoms with van der Waals surface area (Å²) in [5.41, 5.74) is 19.5. The van der Waals surface area contributed by atoms with E-state index in [-0.39, 0.29) is 0 Å². The van der Waals surface area contributed by atoms with Crippen molar-refractivity contribution < 1.29 is 0 Å². The molecule has 0 radical (unpaired) electrons. The Hall–Kier alpha value is -3.06. The van der Waals surface area contributed by atoms with Gasteiger partial charge in [0.1, 0.15) is 0 Å². The zero-order valence-corrected chi connectivity index (χ0v) is 17.6. The summed E-state index contributed by atoms with van der Waals surface area (Å²) in [7, 11) is 0. The van der Waals surface area contributed by atoms with Gasteiger partial charge in [0.25, 0.3) is 0 Å². The second-order valence-corrected chi connectivity index (χ2v) is 7.98. The zero-order chi connectivity index (χ0) is 20.6. The molecule has 0 aromatic heterocycles. The molecule has 0 saturated carbocycles. The lowest BCUT2D eigenvalue weighted by molar-refractivity contribution is 1.35. The highest BCUT2D eigenvalue weighted by molar-refractivity contribution is 5.93. The fourth-order valence-corrected chi connectivity index (χ4v) is 3.91. The van der Waals surface area contributed by atoms with Gasteiger partial charge < -0.3 is 5.73 Å². The fourth-order valence-electron chi connectivity index (χ4n) is 3.91. The van der Waals surface area contributed by atoms with E-state index >= 15 is 0 Å². The van der Waals surface area contributed by atoms with Gasteiger partial charge in [-0.1, -0.05) is 71.8 Å². The van der Waals surface area contributed by atoms with E-state index in [4.69, 9.17) is 5.73 Å². The van der Waals surface area contributed by atoms with Gasteiger partial charge in [-0.25, -0.2) is 0 Å². The summed E-state index contributed by atoms with van der Waals surface area (Å²) in [6.07, 6.45) is 0. The van der Waals surface area contributed by atoms with E-state index in [0.29, 0.717) is 0 Å². The first-order valence-corrected chi connectivity index (χ1v) is 9.61. The Morgan fingerprint density at radius 1 is 0.536 bits per heavy atom. The van der Waals surface area contributed by atoms with Crippen LogP contribution in [0.25, 0.3) is 11.1 Å². The molecule has 1 heteroatoms. The molecule has 28 heavy (non-hydrogen) atoms. The van der Waals surface area contributed by atoms with E-state index < -0.39 is 0 Å². The molecule has 0 unspecified atom stereocenters. The topological polar surface area (TPSA) is 26.0 Å². The molecule has 0 fully saturated rings. The van der Waals surface area contributed by atoms with Crippen LogP contribution in [-0.4, -0.2) is 0 Å². The molecule has 0 aliphatic rings. The first-order chi connectivity index (χ1) is 13.2. The lowest BCUT2D eigenvalue weighted by atomic mass is 9.88. The van der Waals surface area contributed by atoms with Gasteiger partial charge in [-0.15, -0.1) is 0 Å². The van der Waals surface area contributed by atoms with Crippen LogP contribution in [0.4, 0.5) is 5.69 Å². The Morgan fingerprint density at radius 2 is 0.821 bits per heavy atom. The van der Waals surface area contributed by atoms with E-state index in [1.165, 1.54) is 22.3 Å². The number of hydrogen-bond acceptors (Lipinski definition) is 1. The van der Waals surface area contributed by atoms with Crippen LogP contribution in [0.2, 0.25) is 0 Å². The largest absolute Gasteiger partial charge is 0.398 e. The second kappa shape index (κ2) is 7.52. The summed E-state index contributed by atoms with van der Waals surface area (Å²) in [6.45, 7) is 19.3. The minimum atomic E-state index is 0.735. The van der Waals surface area contributed by atoms with Crippen LogP contribution >= 0.6 is 0 Å². The Kier molecular flexibility index (Phi) is 5.29. The van der Waals surface area contributed by atoms with Gasteiger partial charge in [-0.2, -0.15) is 0 Å². The summed E-state index contributed by atoms with van der Waals surface area (Å²) in [5.74, 6) is 0. The quantitative estimate of drug-likeness (QED) is 0.497. The zero-order valence-electron chi connectivity index (χ0n) is 17.6. The highest BCUT2D eigenvalue weighted by Gasteiger charge is 2.15. The van der Waals surface area contributed by atoms with Gasteiger partial charge in [-0.05, 0) is 74.6 Å². The summed E-state index contributed by atoms with van der Waals surface area (Å²) in [4.78, 5) is 0. The number of anilines is 1. The standard InChI is InChI=1S/C27H29N/c1-16-8-17(2)11-23(10-16)21(6)25-14-20(5)15-26(27(25)28)22(7)24-12-18(3)9-19(4)13-24/h8-15H,6-7,28H2,1-5H3. The van der Waals surface area contributed by atoms with Crippen molar-refractivity contribution in [1.29, 1.82) is 0 Å². The van der Waals surface area contributed by atoms with Crippen LogP contribution in [0.15, 0.2) is 61.7 Å². The van der Waals surface area contributed by atoms with E-state index in [1.807, 2.05) is 0 Å². The molecule has 3 aromatic rings. The van der Waals surface area contributed by atoms with Crippen molar-refractivity contribution in [3.63, 3.8) is 0 Å². The molecular weight excluding hydrogens is 338 g/mol. The maximum absolute atomic E-state index is 6.66. The highest BCUT2D eigenvalue weighted by atomic mass is 14.6. The van der Waals surface area contributed by atoms with Gasteiger partial charge in [0, 0.05) is 16.8 Å². The predicted molar refractivity (Wildman–Crippen MR) is 124 cm³/mol. The summed E-state index contributed by atoms with van der Waals surface area (Å²) in [6, 6.07) is 17.2. The monoisotopic (exact) mass is 367 g/mol. The van der Waals surface area contributed by atoms with E-state index in [1.54, 1.807) is 0 Å². The Bertz CT molecular complexity index is 974. The summed E-state index contributed by atoms with van der Waals surface area (Å²) in [5, 5.41) is 0. The van der Waals surface area contributed by atoms with Crippen molar-refractivity contribution in [2.45, 2.75) is 34.6 Å².